The van der Waals surface area contributed by atoms with Gasteiger partial charge in [-0.1, -0.05) is 47.1 Å². The monoisotopic (exact) mass is 491 g/mol. The molecule has 0 radical (unpaired) electrons. The van der Waals surface area contributed by atoms with Crippen molar-refractivity contribution in [3.63, 3.8) is 0 Å². The number of nitrogens with zero attached hydrogens (tertiary/aromatic N) is 3. The highest BCUT2D eigenvalue weighted by molar-refractivity contribution is 7.99. The van der Waals surface area contributed by atoms with Crippen molar-refractivity contribution in [2.75, 3.05) is 11.1 Å². The van der Waals surface area contributed by atoms with Gasteiger partial charge in [0.1, 0.15) is 0 Å². The van der Waals surface area contributed by atoms with Gasteiger partial charge >= 0.3 is 0 Å². The summed E-state index contributed by atoms with van der Waals surface area (Å²) in [4.78, 5) is 25.0. The van der Waals surface area contributed by atoms with Crippen molar-refractivity contribution >= 4 is 52.5 Å². The van der Waals surface area contributed by atoms with Gasteiger partial charge in [-0.05, 0) is 56.2 Å². The number of amides is 2. The summed E-state index contributed by atoms with van der Waals surface area (Å²) in [5.41, 5.74) is 3.27. The van der Waals surface area contributed by atoms with Crippen LogP contribution in [0.1, 0.15) is 40.3 Å². The van der Waals surface area contributed by atoms with Crippen molar-refractivity contribution in [1.82, 2.24) is 20.1 Å². The average Bonchev–Trinajstić information content (AvgIpc) is 3.10. The molecule has 0 spiro atoms. The van der Waals surface area contributed by atoms with Crippen molar-refractivity contribution in [2.24, 2.45) is 7.05 Å². The molecule has 0 aliphatic heterocycles. The van der Waals surface area contributed by atoms with Gasteiger partial charge in [-0.25, -0.2) is 0 Å². The molecule has 1 aromatic heterocycles. The van der Waals surface area contributed by atoms with E-state index in [0.29, 0.717) is 21.6 Å². The summed E-state index contributed by atoms with van der Waals surface area (Å²) in [7, 11) is 1.79. The van der Waals surface area contributed by atoms with Gasteiger partial charge in [0, 0.05) is 17.8 Å². The summed E-state index contributed by atoms with van der Waals surface area (Å²) in [6, 6.07) is 10.1. The second-order valence-corrected chi connectivity index (χ2v) is 9.09. The first kappa shape index (κ1) is 24.1. The maximum absolute atomic E-state index is 12.6. The topological polar surface area (TPSA) is 88.9 Å². The molecule has 3 aromatic rings. The molecule has 2 aromatic carbocycles. The Balaban J connectivity index is 1.61. The largest absolute Gasteiger partial charge is 0.342 e. The summed E-state index contributed by atoms with van der Waals surface area (Å²) in [5.74, 6) is 0.262. The number of carbonyl (C=O) groups is 2. The summed E-state index contributed by atoms with van der Waals surface area (Å²) in [6.07, 6.45) is 0. The summed E-state index contributed by atoms with van der Waals surface area (Å²) in [5, 5.41) is 15.4. The quantitative estimate of drug-likeness (QED) is 0.455. The molecule has 10 heteroatoms. The van der Waals surface area contributed by atoms with Gasteiger partial charge in [0.25, 0.3) is 5.91 Å². The molecule has 0 fully saturated rings. The Morgan fingerprint density at radius 2 is 1.91 bits per heavy atom. The Kier molecular flexibility index (Phi) is 7.82. The lowest BCUT2D eigenvalue weighted by atomic mass is 10.1. The second kappa shape index (κ2) is 10.4. The molecule has 0 aliphatic rings. The summed E-state index contributed by atoms with van der Waals surface area (Å²) in [6.45, 7) is 5.77. The number of benzene rings is 2. The fourth-order valence-corrected chi connectivity index (χ4v) is 4.26. The lowest BCUT2D eigenvalue weighted by Gasteiger charge is -2.14. The molecule has 0 aliphatic carbocycles. The predicted octanol–water partition coefficient (Wildman–Crippen LogP) is 4.96. The molecule has 0 bridgehead atoms. The van der Waals surface area contributed by atoms with E-state index in [1.807, 2.05) is 32.0 Å². The zero-order valence-electron chi connectivity index (χ0n) is 18.1. The van der Waals surface area contributed by atoms with E-state index < -0.39 is 6.04 Å². The van der Waals surface area contributed by atoms with Gasteiger partial charge in [0.05, 0.1) is 22.4 Å². The van der Waals surface area contributed by atoms with E-state index in [1.165, 1.54) is 17.8 Å². The van der Waals surface area contributed by atoms with E-state index in [9.17, 15) is 9.59 Å². The minimum Gasteiger partial charge on any atom is -0.342 e. The van der Waals surface area contributed by atoms with Crippen LogP contribution in [0, 0.1) is 13.8 Å². The van der Waals surface area contributed by atoms with Crippen LogP contribution in [-0.4, -0.2) is 32.3 Å². The molecule has 0 saturated carbocycles. The molecule has 168 valence electrons. The van der Waals surface area contributed by atoms with Gasteiger partial charge in [0.15, 0.2) is 11.0 Å². The van der Waals surface area contributed by atoms with Crippen LogP contribution < -0.4 is 10.6 Å². The molecule has 2 N–H and O–H groups in total. The van der Waals surface area contributed by atoms with Crippen LogP contribution in [0.5, 0.6) is 0 Å². The van der Waals surface area contributed by atoms with Crippen LogP contribution in [0.4, 0.5) is 5.69 Å². The van der Waals surface area contributed by atoms with E-state index in [4.69, 9.17) is 23.2 Å². The number of hydrogen-bond acceptors (Lipinski definition) is 5. The molecule has 7 nitrogen and oxygen atoms in total. The van der Waals surface area contributed by atoms with Gasteiger partial charge in [-0.15, -0.1) is 10.2 Å². The summed E-state index contributed by atoms with van der Waals surface area (Å²) < 4.78 is 1.75. The van der Waals surface area contributed by atoms with Crippen LogP contribution in [0.25, 0.3) is 0 Å². The first-order chi connectivity index (χ1) is 15.2. The molecule has 3 rings (SSSR count). The third kappa shape index (κ3) is 5.62. The Hall–Kier alpha value is -2.55. The molecule has 2 amide bonds. The predicted molar refractivity (Wildman–Crippen MR) is 129 cm³/mol. The number of nitrogens with one attached hydrogen (secondary N) is 2. The van der Waals surface area contributed by atoms with E-state index in [2.05, 4.69) is 20.8 Å². The third-order valence-corrected chi connectivity index (χ3v) is 6.56. The number of anilines is 1. The van der Waals surface area contributed by atoms with Crippen LogP contribution in [0.3, 0.4) is 0 Å². The lowest BCUT2D eigenvalue weighted by Crippen LogP contribution is -2.28. The highest BCUT2D eigenvalue weighted by Gasteiger charge is 2.20. The molecular formula is C22H23Cl2N5O2S. The van der Waals surface area contributed by atoms with Crippen LogP contribution in [0.15, 0.2) is 41.6 Å². The molecule has 1 heterocycles. The van der Waals surface area contributed by atoms with Crippen LogP contribution >= 0.6 is 35.0 Å². The first-order valence-corrected chi connectivity index (χ1v) is 11.6. The van der Waals surface area contributed by atoms with Gasteiger partial charge in [-0.3, -0.25) is 9.59 Å². The lowest BCUT2D eigenvalue weighted by molar-refractivity contribution is -0.113. The van der Waals surface area contributed by atoms with Crippen molar-refractivity contribution in [3.8, 4) is 0 Å². The Labute approximate surface area is 200 Å². The van der Waals surface area contributed by atoms with Gasteiger partial charge in [0.2, 0.25) is 5.91 Å². The number of halogens is 2. The number of thioether (sulfide) groups is 1. The molecule has 0 saturated heterocycles. The van der Waals surface area contributed by atoms with E-state index >= 15 is 0 Å². The van der Waals surface area contributed by atoms with E-state index in [0.717, 1.165) is 16.8 Å². The van der Waals surface area contributed by atoms with Crippen molar-refractivity contribution in [1.29, 1.82) is 0 Å². The second-order valence-electron chi connectivity index (χ2n) is 7.30. The number of hydrogen-bond donors (Lipinski definition) is 2. The fourth-order valence-electron chi connectivity index (χ4n) is 3.04. The maximum Gasteiger partial charge on any atom is 0.253 e. The third-order valence-electron chi connectivity index (χ3n) is 4.99. The molecule has 1 atom stereocenters. The first-order valence-electron chi connectivity index (χ1n) is 9.81. The van der Waals surface area contributed by atoms with Crippen molar-refractivity contribution in [3.05, 3.63) is 69.0 Å². The fraction of sp³-hybridized carbons (Fsp3) is 0.273. The normalized spacial score (nSPS) is 11.8. The van der Waals surface area contributed by atoms with Gasteiger partial charge < -0.3 is 15.2 Å². The number of carbonyl (C=O) groups excluding carboxylic acids is 2. The van der Waals surface area contributed by atoms with E-state index in [1.54, 1.807) is 30.7 Å². The molecule has 32 heavy (non-hydrogen) atoms. The number of rotatable bonds is 7. The smallest absolute Gasteiger partial charge is 0.253 e. The maximum atomic E-state index is 12.6. The minimum absolute atomic E-state index is 0.132. The minimum atomic E-state index is -0.426. The number of aromatic nitrogens is 3. The van der Waals surface area contributed by atoms with Crippen LogP contribution in [-0.2, 0) is 11.8 Å². The zero-order valence-corrected chi connectivity index (χ0v) is 20.4. The Bertz CT molecular complexity index is 1170. The Morgan fingerprint density at radius 3 is 2.62 bits per heavy atom. The van der Waals surface area contributed by atoms with Crippen LogP contribution in [0.2, 0.25) is 10.0 Å². The highest BCUT2D eigenvalue weighted by Crippen LogP contribution is 2.24. The Morgan fingerprint density at radius 1 is 1.16 bits per heavy atom. The zero-order chi connectivity index (χ0) is 23.4. The number of aryl methyl sites for hydroxylation is 1. The summed E-state index contributed by atoms with van der Waals surface area (Å²) >= 11 is 13.3. The standard InChI is InChI=1S/C22H23Cl2N5O2S/c1-12-6-5-7-18(13(12)2)26-19(30)11-32-22-28-27-20(29(22)4)14(3)25-21(31)16-9-8-15(23)10-17(16)24/h5-10,14H,11H2,1-4H3,(H,25,31)(H,26,30)/t14-/m0/s1. The highest BCUT2D eigenvalue weighted by atomic mass is 35.5. The SMILES string of the molecule is Cc1cccc(NC(=O)CSc2nnc([C@H](C)NC(=O)c3ccc(Cl)cc3Cl)n2C)c1C. The van der Waals surface area contributed by atoms with Gasteiger partial charge in [-0.2, -0.15) is 0 Å². The molecular weight excluding hydrogens is 469 g/mol. The van der Waals surface area contributed by atoms with Crippen molar-refractivity contribution < 1.29 is 9.59 Å². The molecule has 0 unspecified atom stereocenters. The average molecular weight is 492 g/mol. The van der Waals surface area contributed by atoms with E-state index in [-0.39, 0.29) is 22.6 Å². The van der Waals surface area contributed by atoms with Crippen molar-refractivity contribution in [2.45, 2.75) is 32.0 Å².